The molecule has 0 fully saturated rings. The van der Waals surface area contributed by atoms with E-state index >= 15 is 0 Å². The predicted molar refractivity (Wildman–Crippen MR) is 80.5 cm³/mol. The summed E-state index contributed by atoms with van der Waals surface area (Å²) in [6.07, 6.45) is 1.50. The van der Waals surface area contributed by atoms with Crippen LogP contribution in [0.3, 0.4) is 0 Å². The highest BCUT2D eigenvalue weighted by molar-refractivity contribution is 9.10. The molecule has 0 saturated carbocycles. The lowest BCUT2D eigenvalue weighted by Crippen LogP contribution is -2.19. The maximum atomic E-state index is 11.1. The molecular weight excluding hydrogens is 320 g/mol. The van der Waals surface area contributed by atoms with Gasteiger partial charge in [-0.2, -0.15) is 0 Å². The Kier molecular flexibility index (Phi) is 4.87. The summed E-state index contributed by atoms with van der Waals surface area (Å²) in [5.41, 5.74) is 2.01. The Morgan fingerprint density at radius 3 is 2.80 bits per heavy atom. The molecule has 20 heavy (non-hydrogen) atoms. The van der Waals surface area contributed by atoms with E-state index in [9.17, 15) is 4.79 Å². The van der Waals surface area contributed by atoms with E-state index in [1.54, 1.807) is 12.1 Å². The topological polar surface area (TPSA) is 53.4 Å². The number of hydrogen-bond donors (Lipinski definition) is 1. The van der Waals surface area contributed by atoms with E-state index in [1.807, 2.05) is 25.2 Å². The first-order valence-corrected chi connectivity index (χ1v) is 6.96. The average Bonchev–Trinajstić information content (AvgIpc) is 2.38. The lowest BCUT2D eigenvalue weighted by Gasteiger charge is -2.17. The van der Waals surface area contributed by atoms with Crippen molar-refractivity contribution in [1.29, 1.82) is 0 Å². The number of carboxylic acid groups (broad SMARTS) is 1. The van der Waals surface area contributed by atoms with Crippen molar-refractivity contribution in [2.24, 2.45) is 0 Å². The Labute approximate surface area is 126 Å². The molecule has 0 spiro atoms. The Hall–Kier alpha value is -1.72. The first kappa shape index (κ1) is 14.7. The second kappa shape index (κ2) is 6.63. The number of aromatic nitrogens is 1. The van der Waals surface area contributed by atoms with Crippen LogP contribution < -0.4 is 0 Å². The molecule has 0 radical (unpaired) electrons. The molecule has 0 amide bonds. The maximum absolute atomic E-state index is 11.1. The van der Waals surface area contributed by atoms with Crippen molar-refractivity contribution in [1.82, 2.24) is 9.88 Å². The van der Waals surface area contributed by atoms with Crippen LogP contribution in [0.25, 0.3) is 0 Å². The molecule has 104 valence electrons. The average molecular weight is 335 g/mol. The van der Waals surface area contributed by atoms with Crippen molar-refractivity contribution in [2.75, 3.05) is 7.05 Å². The molecule has 0 aliphatic carbocycles. The minimum Gasteiger partial charge on any atom is -0.477 e. The van der Waals surface area contributed by atoms with E-state index in [-0.39, 0.29) is 5.69 Å². The van der Waals surface area contributed by atoms with Crippen LogP contribution in [0.5, 0.6) is 0 Å². The van der Waals surface area contributed by atoms with Gasteiger partial charge >= 0.3 is 5.97 Å². The fourth-order valence-corrected chi connectivity index (χ4v) is 2.50. The summed E-state index contributed by atoms with van der Waals surface area (Å²) in [5.74, 6) is -0.989. The minimum absolute atomic E-state index is 0.119. The van der Waals surface area contributed by atoms with Gasteiger partial charge < -0.3 is 5.11 Å². The zero-order chi connectivity index (χ0) is 14.5. The van der Waals surface area contributed by atoms with E-state index in [4.69, 9.17) is 5.11 Å². The van der Waals surface area contributed by atoms with Gasteiger partial charge in [0.1, 0.15) is 0 Å². The highest BCUT2D eigenvalue weighted by atomic mass is 79.9. The van der Waals surface area contributed by atoms with Crippen molar-refractivity contribution in [2.45, 2.75) is 13.1 Å². The third-order valence-electron chi connectivity index (χ3n) is 2.88. The lowest BCUT2D eigenvalue weighted by molar-refractivity contribution is 0.0688. The summed E-state index contributed by atoms with van der Waals surface area (Å²) in [6, 6.07) is 11.6. The van der Waals surface area contributed by atoms with Gasteiger partial charge in [-0.1, -0.05) is 34.1 Å². The normalized spacial score (nSPS) is 10.8. The number of pyridine rings is 1. The molecule has 1 heterocycles. The number of carbonyl (C=O) groups is 1. The van der Waals surface area contributed by atoms with Gasteiger partial charge in [0.15, 0.2) is 5.69 Å². The van der Waals surface area contributed by atoms with E-state index < -0.39 is 5.97 Å². The third kappa shape index (κ3) is 3.88. The second-order valence-electron chi connectivity index (χ2n) is 4.62. The molecule has 0 atom stereocenters. The summed E-state index contributed by atoms with van der Waals surface area (Å²) in [4.78, 5) is 17.1. The molecule has 2 aromatic rings. The minimum atomic E-state index is -0.989. The number of aromatic carboxylic acids is 1. The summed E-state index contributed by atoms with van der Waals surface area (Å²) >= 11 is 3.44. The van der Waals surface area contributed by atoms with Crippen molar-refractivity contribution < 1.29 is 9.90 Å². The molecule has 0 bridgehead atoms. The molecule has 0 aliphatic heterocycles. The number of nitrogens with zero attached hydrogens (tertiary/aromatic N) is 2. The first-order valence-electron chi connectivity index (χ1n) is 6.16. The molecular formula is C15H15BrN2O2. The van der Waals surface area contributed by atoms with Crippen LogP contribution in [0.2, 0.25) is 0 Å². The van der Waals surface area contributed by atoms with Gasteiger partial charge in [-0.3, -0.25) is 4.90 Å². The predicted octanol–water partition coefficient (Wildman–Crippen LogP) is 3.17. The Balaban J connectivity index is 2.08. The third-order valence-corrected chi connectivity index (χ3v) is 3.37. The molecule has 1 N–H and O–H groups in total. The van der Waals surface area contributed by atoms with E-state index in [0.717, 1.165) is 16.6 Å². The largest absolute Gasteiger partial charge is 0.477 e. The number of rotatable bonds is 5. The smallest absolute Gasteiger partial charge is 0.354 e. The van der Waals surface area contributed by atoms with Gasteiger partial charge in [-0.15, -0.1) is 0 Å². The molecule has 0 unspecified atom stereocenters. The zero-order valence-corrected chi connectivity index (χ0v) is 12.7. The van der Waals surface area contributed by atoms with E-state index in [0.29, 0.717) is 6.54 Å². The lowest BCUT2D eigenvalue weighted by atomic mass is 10.1. The monoisotopic (exact) mass is 334 g/mol. The fraction of sp³-hybridized carbons (Fsp3) is 0.200. The van der Waals surface area contributed by atoms with Gasteiger partial charge in [0.25, 0.3) is 0 Å². The molecule has 0 saturated heterocycles. The first-order chi connectivity index (χ1) is 9.56. The van der Waals surface area contributed by atoms with Crippen LogP contribution in [-0.2, 0) is 13.1 Å². The van der Waals surface area contributed by atoms with Gasteiger partial charge in [0.05, 0.1) is 0 Å². The van der Waals surface area contributed by atoms with Crippen LogP contribution in [0.1, 0.15) is 21.6 Å². The van der Waals surface area contributed by atoms with Crippen LogP contribution in [0.15, 0.2) is 47.1 Å². The number of benzene rings is 1. The van der Waals surface area contributed by atoms with Crippen molar-refractivity contribution in [3.05, 3.63) is 63.9 Å². The highest BCUT2D eigenvalue weighted by Gasteiger charge is 2.12. The maximum Gasteiger partial charge on any atom is 0.354 e. The van der Waals surface area contributed by atoms with Crippen LogP contribution in [0.4, 0.5) is 0 Å². The van der Waals surface area contributed by atoms with Crippen molar-refractivity contribution in [3.63, 3.8) is 0 Å². The molecule has 1 aromatic heterocycles. The van der Waals surface area contributed by atoms with Gasteiger partial charge in [-0.05, 0) is 36.4 Å². The standard InChI is InChI=1S/C15H15BrN2O2/c1-18(9-11-4-2-6-13(16)8-11)10-12-5-3-7-17-14(12)15(19)20/h2-8H,9-10H2,1H3,(H,19,20). The van der Waals surface area contributed by atoms with Crippen LogP contribution in [0, 0.1) is 0 Å². The Morgan fingerprint density at radius 2 is 2.10 bits per heavy atom. The fourth-order valence-electron chi connectivity index (χ4n) is 2.05. The summed E-state index contributed by atoms with van der Waals surface area (Å²) < 4.78 is 1.04. The quantitative estimate of drug-likeness (QED) is 0.912. The van der Waals surface area contributed by atoms with Crippen molar-refractivity contribution >= 4 is 21.9 Å². The summed E-state index contributed by atoms with van der Waals surface area (Å²) in [7, 11) is 1.96. The van der Waals surface area contributed by atoms with Gasteiger partial charge in [-0.25, -0.2) is 9.78 Å². The van der Waals surface area contributed by atoms with Crippen molar-refractivity contribution in [3.8, 4) is 0 Å². The van der Waals surface area contributed by atoms with Gasteiger partial charge in [0.2, 0.25) is 0 Å². The molecule has 2 rings (SSSR count). The second-order valence-corrected chi connectivity index (χ2v) is 5.53. The number of carboxylic acids is 1. The zero-order valence-electron chi connectivity index (χ0n) is 11.1. The molecule has 4 nitrogen and oxygen atoms in total. The summed E-state index contributed by atoms with van der Waals surface area (Å²) in [6.45, 7) is 1.29. The molecule has 1 aromatic carbocycles. The SMILES string of the molecule is CN(Cc1cccc(Br)c1)Cc1cccnc1C(=O)O. The van der Waals surface area contributed by atoms with E-state index in [2.05, 4.69) is 31.9 Å². The van der Waals surface area contributed by atoms with E-state index in [1.165, 1.54) is 11.8 Å². The Bertz CT molecular complexity index is 616. The summed E-state index contributed by atoms with van der Waals surface area (Å²) in [5, 5.41) is 9.12. The molecule has 0 aliphatic rings. The number of halogens is 1. The van der Waals surface area contributed by atoms with Crippen LogP contribution >= 0.6 is 15.9 Å². The molecule has 5 heteroatoms. The van der Waals surface area contributed by atoms with Gasteiger partial charge in [0, 0.05) is 23.8 Å². The Morgan fingerprint density at radius 1 is 1.30 bits per heavy atom. The van der Waals surface area contributed by atoms with Crippen LogP contribution in [-0.4, -0.2) is 28.0 Å². The highest BCUT2D eigenvalue weighted by Crippen LogP contribution is 2.15. The number of hydrogen-bond acceptors (Lipinski definition) is 3.